The minimum absolute atomic E-state index is 0.0419. The third kappa shape index (κ3) is 2.08. The van der Waals surface area contributed by atoms with Crippen molar-refractivity contribution < 1.29 is 13.2 Å². The molecule has 0 atom stereocenters. The molecule has 3 heterocycles. The summed E-state index contributed by atoms with van der Waals surface area (Å²) < 4.78 is 39.6. The summed E-state index contributed by atoms with van der Waals surface area (Å²) in [7, 11) is 0. The van der Waals surface area contributed by atoms with Crippen molar-refractivity contribution in [2.75, 3.05) is 0 Å². The maximum absolute atomic E-state index is 13.0. The Morgan fingerprint density at radius 2 is 1.90 bits per heavy atom. The standard InChI is InChI=1S/C13H6F3N5/c14-13(15,16)10-4-6-19-12-8(7-17)11(20-21(10)12)9-3-1-2-5-18-9/h1-6H. The fourth-order valence-electron chi connectivity index (χ4n) is 1.95. The van der Waals surface area contributed by atoms with Crippen molar-refractivity contribution in [3.63, 3.8) is 0 Å². The lowest BCUT2D eigenvalue weighted by atomic mass is 10.2. The number of alkyl halides is 3. The molecule has 0 aliphatic rings. The van der Waals surface area contributed by atoms with Gasteiger partial charge in [0.05, 0.1) is 5.69 Å². The van der Waals surface area contributed by atoms with Crippen LogP contribution in [0.5, 0.6) is 0 Å². The van der Waals surface area contributed by atoms with E-state index in [0.717, 1.165) is 12.3 Å². The zero-order chi connectivity index (χ0) is 15.0. The van der Waals surface area contributed by atoms with E-state index in [-0.39, 0.29) is 16.9 Å². The molecular formula is C13H6F3N5. The van der Waals surface area contributed by atoms with Crippen LogP contribution >= 0.6 is 0 Å². The molecule has 0 aliphatic heterocycles. The zero-order valence-corrected chi connectivity index (χ0v) is 10.3. The predicted molar refractivity (Wildman–Crippen MR) is 65.9 cm³/mol. The van der Waals surface area contributed by atoms with Crippen molar-refractivity contribution in [2.24, 2.45) is 0 Å². The van der Waals surface area contributed by atoms with Crippen molar-refractivity contribution in [2.45, 2.75) is 6.18 Å². The Labute approximate surface area is 116 Å². The van der Waals surface area contributed by atoms with E-state index in [1.54, 1.807) is 18.2 Å². The summed E-state index contributed by atoms with van der Waals surface area (Å²) in [5.41, 5.74) is -0.797. The molecule has 5 nitrogen and oxygen atoms in total. The summed E-state index contributed by atoms with van der Waals surface area (Å²) >= 11 is 0. The van der Waals surface area contributed by atoms with E-state index in [2.05, 4.69) is 15.1 Å². The lowest BCUT2D eigenvalue weighted by Gasteiger charge is -2.07. The van der Waals surface area contributed by atoms with Gasteiger partial charge in [0.15, 0.2) is 5.65 Å². The molecule has 0 unspecified atom stereocenters. The van der Waals surface area contributed by atoms with Crippen molar-refractivity contribution >= 4 is 5.65 Å². The number of nitrogens with zero attached hydrogens (tertiary/aromatic N) is 5. The first-order valence-electron chi connectivity index (χ1n) is 5.79. The topological polar surface area (TPSA) is 66.9 Å². The average molecular weight is 289 g/mol. The number of fused-ring (bicyclic) bond motifs is 1. The maximum atomic E-state index is 13.0. The SMILES string of the molecule is N#Cc1c(-c2ccccn2)nn2c(C(F)(F)F)ccnc12. The molecule has 0 aliphatic carbocycles. The normalized spacial score (nSPS) is 11.5. The van der Waals surface area contributed by atoms with Crippen LogP contribution in [-0.4, -0.2) is 19.6 Å². The van der Waals surface area contributed by atoms with Crippen LogP contribution in [0.1, 0.15) is 11.3 Å². The van der Waals surface area contributed by atoms with Crippen LogP contribution in [0.25, 0.3) is 17.0 Å². The molecule has 0 N–H and O–H groups in total. The van der Waals surface area contributed by atoms with Crippen molar-refractivity contribution in [3.8, 4) is 17.5 Å². The molecule has 0 spiro atoms. The highest BCUT2D eigenvalue weighted by Crippen LogP contribution is 2.31. The van der Waals surface area contributed by atoms with Gasteiger partial charge in [-0.2, -0.15) is 23.5 Å². The lowest BCUT2D eigenvalue weighted by molar-refractivity contribution is -0.142. The summed E-state index contributed by atoms with van der Waals surface area (Å²) in [6.07, 6.45) is -2.12. The number of rotatable bonds is 1. The van der Waals surface area contributed by atoms with Gasteiger partial charge < -0.3 is 0 Å². The second-order valence-electron chi connectivity index (χ2n) is 4.11. The first kappa shape index (κ1) is 13.1. The van der Waals surface area contributed by atoms with Crippen LogP contribution < -0.4 is 0 Å². The Morgan fingerprint density at radius 3 is 2.52 bits per heavy atom. The van der Waals surface area contributed by atoms with Crippen molar-refractivity contribution in [1.82, 2.24) is 19.6 Å². The van der Waals surface area contributed by atoms with Gasteiger partial charge in [-0.1, -0.05) is 6.07 Å². The van der Waals surface area contributed by atoms with E-state index in [0.29, 0.717) is 10.2 Å². The van der Waals surface area contributed by atoms with E-state index >= 15 is 0 Å². The van der Waals surface area contributed by atoms with Gasteiger partial charge >= 0.3 is 6.18 Å². The molecule has 8 heteroatoms. The Kier molecular flexibility index (Phi) is 2.83. The summed E-state index contributed by atoms with van der Waals surface area (Å²) in [5.74, 6) is 0. The molecule has 0 aromatic carbocycles. The largest absolute Gasteiger partial charge is 0.433 e. The van der Waals surface area contributed by atoms with Crippen LogP contribution in [0.2, 0.25) is 0 Å². The third-order valence-electron chi connectivity index (χ3n) is 2.83. The molecule has 3 aromatic heterocycles. The summed E-state index contributed by atoms with van der Waals surface area (Å²) in [6, 6.07) is 7.53. The van der Waals surface area contributed by atoms with E-state index in [4.69, 9.17) is 0 Å². The fraction of sp³-hybridized carbons (Fsp3) is 0.0769. The Balaban J connectivity index is 2.37. The van der Waals surface area contributed by atoms with Gasteiger partial charge in [-0.3, -0.25) is 4.98 Å². The smallest absolute Gasteiger partial charge is 0.254 e. The highest BCUT2D eigenvalue weighted by molar-refractivity contribution is 5.72. The van der Waals surface area contributed by atoms with Crippen LogP contribution in [-0.2, 0) is 6.18 Å². The zero-order valence-electron chi connectivity index (χ0n) is 10.3. The first-order valence-corrected chi connectivity index (χ1v) is 5.79. The van der Waals surface area contributed by atoms with Gasteiger partial charge in [-0.25, -0.2) is 9.50 Å². The highest BCUT2D eigenvalue weighted by atomic mass is 19.4. The van der Waals surface area contributed by atoms with E-state index in [1.807, 2.05) is 6.07 Å². The predicted octanol–water partition coefficient (Wildman–Crippen LogP) is 2.68. The van der Waals surface area contributed by atoms with Gasteiger partial charge in [0.2, 0.25) is 0 Å². The summed E-state index contributed by atoms with van der Waals surface area (Å²) in [4.78, 5) is 7.83. The summed E-state index contributed by atoms with van der Waals surface area (Å²) in [6.45, 7) is 0. The number of hydrogen-bond donors (Lipinski definition) is 0. The molecule has 104 valence electrons. The molecule has 3 rings (SSSR count). The first-order chi connectivity index (χ1) is 10.0. The van der Waals surface area contributed by atoms with Gasteiger partial charge in [-0.05, 0) is 18.2 Å². The molecule has 21 heavy (non-hydrogen) atoms. The van der Waals surface area contributed by atoms with Crippen molar-refractivity contribution in [1.29, 1.82) is 5.26 Å². The number of nitriles is 1. The minimum atomic E-state index is -4.60. The van der Waals surface area contributed by atoms with Crippen LogP contribution in [0.15, 0.2) is 36.7 Å². The van der Waals surface area contributed by atoms with Gasteiger partial charge in [0.1, 0.15) is 23.0 Å². The van der Waals surface area contributed by atoms with Crippen LogP contribution in [0.4, 0.5) is 13.2 Å². The molecule has 0 saturated heterocycles. The molecule has 0 amide bonds. The van der Waals surface area contributed by atoms with Gasteiger partial charge in [0.25, 0.3) is 0 Å². The van der Waals surface area contributed by atoms with Crippen LogP contribution in [0, 0.1) is 11.3 Å². The van der Waals surface area contributed by atoms with Crippen LogP contribution in [0.3, 0.4) is 0 Å². The average Bonchev–Trinajstić information content (AvgIpc) is 2.85. The molecule has 3 aromatic rings. The molecule has 0 bridgehead atoms. The fourth-order valence-corrected chi connectivity index (χ4v) is 1.95. The second kappa shape index (κ2) is 4.56. The molecule has 0 radical (unpaired) electrons. The van der Waals surface area contributed by atoms with E-state index in [1.165, 1.54) is 6.20 Å². The number of pyridine rings is 1. The Hall–Kier alpha value is -2.95. The van der Waals surface area contributed by atoms with E-state index in [9.17, 15) is 18.4 Å². The molecular weight excluding hydrogens is 283 g/mol. The lowest BCUT2D eigenvalue weighted by Crippen LogP contribution is -2.12. The Bertz CT molecular complexity index is 846. The molecule has 0 fully saturated rings. The van der Waals surface area contributed by atoms with Crippen molar-refractivity contribution in [3.05, 3.63) is 47.9 Å². The van der Waals surface area contributed by atoms with Gasteiger partial charge in [-0.15, -0.1) is 0 Å². The minimum Gasteiger partial charge on any atom is -0.254 e. The van der Waals surface area contributed by atoms with E-state index < -0.39 is 11.9 Å². The summed E-state index contributed by atoms with van der Waals surface area (Å²) in [5, 5.41) is 13.1. The third-order valence-corrected chi connectivity index (χ3v) is 2.83. The highest BCUT2D eigenvalue weighted by Gasteiger charge is 2.35. The maximum Gasteiger partial charge on any atom is 0.433 e. The van der Waals surface area contributed by atoms with Gasteiger partial charge in [0, 0.05) is 12.4 Å². The quantitative estimate of drug-likeness (QED) is 0.690. The number of halogens is 3. The number of aromatic nitrogens is 4. The monoisotopic (exact) mass is 289 g/mol. The molecule has 0 saturated carbocycles. The number of hydrogen-bond acceptors (Lipinski definition) is 4. The Morgan fingerprint density at radius 1 is 1.10 bits per heavy atom. The second-order valence-corrected chi connectivity index (χ2v) is 4.11.